The van der Waals surface area contributed by atoms with Crippen molar-refractivity contribution < 1.29 is 13.2 Å². The zero-order valence-corrected chi connectivity index (χ0v) is 16.1. The molecule has 0 aliphatic carbocycles. The van der Waals surface area contributed by atoms with Crippen molar-refractivity contribution in [1.82, 2.24) is 14.5 Å². The van der Waals surface area contributed by atoms with Gasteiger partial charge in [0.15, 0.2) is 0 Å². The number of benzene rings is 2. The van der Waals surface area contributed by atoms with Gasteiger partial charge in [0.05, 0.1) is 5.75 Å². The van der Waals surface area contributed by atoms with Gasteiger partial charge >= 0.3 is 0 Å². The molecule has 0 atom stereocenters. The number of carbonyl (C=O) groups excluding carboxylic acids is 1. The monoisotopic (exact) mass is 387 g/mol. The predicted molar refractivity (Wildman–Crippen MR) is 106 cm³/mol. The summed E-state index contributed by atoms with van der Waals surface area (Å²) in [5, 5.41) is 0. The zero-order chi connectivity index (χ0) is 19.1. The summed E-state index contributed by atoms with van der Waals surface area (Å²) in [6, 6.07) is 18.4. The summed E-state index contributed by atoms with van der Waals surface area (Å²) >= 11 is 0. The number of nitrogens with zero attached hydrogens (tertiary/aromatic N) is 2. The van der Waals surface area contributed by atoms with Crippen LogP contribution in [0.1, 0.15) is 15.9 Å². The highest BCUT2D eigenvalue weighted by atomic mass is 32.2. The smallest absolute Gasteiger partial charge is 0.253 e. The molecule has 0 spiro atoms. The Morgan fingerprint density at radius 2 is 1.48 bits per heavy atom. The van der Waals surface area contributed by atoms with Crippen molar-refractivity contribution in [2.45, 2.75) is 5.75 Å². The van der Waals surface area contributed by atoms with Gasteiger partial charge in [0.2, 0.25) is 10.0 Å². The Labute approximate surface area is 160 Å². The highest BCUT2D eigenvalue weighted by molar-refractivity contribution is 7.88. The lowest BCUT2D eigenvalue weighted by Crippen LogP contribution is -2.50. The minimum atomic E-state index is -3.34. The van der Waals surface area contributed by atoms with Crippen LogP contribution in [0.3, 0.4) is 0 Å². The molecule has 1 fully saturated rings. The third-order valence-electron chi connectivity index (χ3n) is 4.63. The van der Waals surface area contributed by atoms with Crippen molar-refractivity contribution in [3.63, 3.8) is 0 Å². The van der Waals surface area contributed by atoms with Gasteiger partial charge in [0, 0.05) is 44.8 Å². The second-order valence-electron chi connectivity index (χ2n) is 6.64. The summed E-state index contributed by atoms with van der Waals surface area (Å²) in [5.74, 6) is 0.0477. The molecular weight excluding hydrogens is 362 g/mol. The maximum Gasteiger partial charge on any atom is 0.253 e. The lowest BCUT2D eigenvalue weighted by Gasteiger charge is -2.34. The highest BCUT2D eigenvalue weighted by Gasteiger charge is 2.22. The number of piperazine rings is 1. The standard InChI is InChI=1S/C20H25N3O3S/c24-20(19-9-5-2-6-10-19)23-15-13-22(14-16-23)12-11-21-27(25,26)17-18-7-3-1-4-8-18/h1-10,21H,11-17H2. The van der Waals surface area contributed by atoms with Gasteiger partial charge in [0.1, 0.15) is 0 Å². The molecule has 0 unspecified atom stereocenters. The van der Waals surface area contributed by atoms with Crippen LogP contribution in [0, 0.1) is 0 Å². The van der Waals surface area contributed by atoms with Crippen molar-refractivity contribution in [2.24, 2.45) is 0 Å². The molecule has 3 rings (SSSR count). The Kier molecular flexibility index (Phi) is 6.60. The van der Waals surface area contributed by atoms with E-state index >= 15 is 0 Å². The molecule has 1 amide bonds. The molecule has 1 heterocycles. The van der Waals surface area contributed by atoms with E-state index in [1.807, 2.05) is 65.6 Å². The van der Waals surface area contributed by atoms with E-state index in [0.717, 1.165) is 18.7 Å². The molecule has 1 saturated heterocycles. The molecule has 1 N–H and O–H groups in total. The Hall–Kier alpha value is -2.22. The third-order valence-corrected chi connectivity index (χ3v) is 5.99. The maximum absolute atomic E-state index is 12.4. The summed E-state index contributed by atoms with van der Waals surface area (Å²) in [5.41, 5.74) is 1.48. The van der Waals surface area contributed by atoms with Crippen LogP contribution >= 0.6 is 0 Å². The summed E-state index contributed by atoms with van der Waals surface area (Å²) in [6.45, 7) is 3.83. The number of hydrogen-bond acceptors (Lipinski definition) is 4. The van der Waals surface area contributed by atoms with E-state index in [4.69, 9.17) is 0 Å². The molecule has 2 aromatic rings. The van der Waals surface area contributed by atoms with E-state index in [-0.39, 0.29) is 11.7 Å². The van der Waals surface area contributed by atoms with Crippen molar-refractivity contribution >= 4 is 15.9 Å². The van der Waals surface area contributed by atoms with Crippen LogP contribution in [0.5, 0.6) is 0 Å². The molecule has 0 radical (unpaired) electrons. The van der Waals surface area contributed by atoms with Crippen LogP contribution in [0.25, 0.3) is 0 Å². The van der Waals surface area contributed by atoms with Crippen LogP contribution in [-0.2, 0) is 15.8 Å². The van der Waals surface area contributed by atoms with E-state index in [1.54, 1.807) is 0 Å². The fraction of sp³-hybridized carbons (Fsp3) is 0.350. The molecule has 0 saturated carbocycles. The van der Waals surface area contributed by atoms with Crippen molar-refractivity contribution in [2.75, 3.05) is 39.3 Å². The first-order chi connectivity index (χ1) is 13.0. The van der Waals surface area contributed by atoms with E-state index in [0.29, 0.717) is 31.7 Å². The van der Waals surface area contributed by atoms with Crippen molar-refractivity contribution in [1.29, 1.82) is 0 Å². The number of nitrogens with one attached hydrogen (secondary N) is 1. The SMILES string of the molecule is O=C(c1ccccc1)N1CCN(CCNS(=O)(=O)Cc2ccccc2)CC1. The molecule has 6 nitrogen and oxygen atoms in total. The largest absolute Gasteiger partial charge is 0.336 e. The summed E-state index contributed by atoms with van der Waals surface area (Å²) in [6.07, 6.45) is 0. The first kappa shape index (κ1) is 19.5. The van der Waals surface area contributed by atoms with Crippen LogP contribution < -0.4 is 4.72 Å². The molecule has 2 aromatic carbocycles. The topological polar surface area (TPSA) is 69.7 Å². The second kappa shape index (κ2) is 9.12. The average molecular weight is 388 g/mol. The van der Waals surface area contributed by atoms with Crippen LogP contribution in [0.15, 0.2) is 60.7 Å². The summed E-state index contributed by atoms with van der Waals surface area (Å²) in [7, 11) is -3.34. The van der Waals surface area contributed by atoms with E-state index in [1.165, 1.54) is 0 Å². The van der Waals surface area contributed by atoms with Gasteiger partial charge in [-0.1, -0.05) is 48.5 Å². The maximum atomic E-state index is 12.4. The zero-order valence-electron chi connectivity index (χ0n) is 15.3. The fourth-order valence-electron chi connectivity index (χ4n) is 3.14. The molecule has 1 aliphatic rings. The third kappa shape index (κ3) is 5.89. The normalized spacial score (nSPS) is 15.6. The lowest BCUT2D eigenvalue weighted by atomic mass is 10.2. The van der Waals surface area contributed by atoms with E-state index in [9.17, 15) is 13.2 Å². The van der Waals surface area contributed by atoms with Gasteiger partial charge in [-0.25, -0.2) is 13.1 Å². The van der Waals surface area contributed by atoms with Gasteiger partial charge < -0.3 is 4.90 Å². The number of hydrogen-bond donors (Lipinski definition) is 1. The number of carbonyl (C=O) groups is 1. The first-order valence-corrected chi connectivity index (χ1v) is 10.8. The molecule has 0 bridgehead atoms. The van der Waals surface area contributed by atoms with E-state index in [2.05, 4.69) is 9.62 Å². The minimum Gasteiger partial charge on any atom is -0.336 e. The molecule has 7 heteroatoms. The van der Waals surface area contributed by atoms with Gasteiger partial charge in [-0.15, -0.1) is 0 Å². The van der Waals surface area contributed by atoms with Crippen molar-refractivity contribution in [3.8, 4) is 0 Å². The Balaban J connectivity index is 1.40. The Morgan fingerprint density at radius 1 is 0.889 bits per heavy atom. The average Bonchev–Trinajstić information content (AvgIpc) is 2.69. The summed E-state index contributed by atoms with van der Waals surface area (Å²) < 4.78 is 27.0. The molecule has 144 valence electrons. The van der Waals surface area contributed by atoms with Gasteiger partial charge in [0.25, 0.3) is 5.91 Å². The lowest BCUT2D eigenvalue weighted by molar-refractivity contribution is 0.0640. The van der Waals surface area contributed by atoms with E-state index < -0.39 is 10.0 Å². The van der Waals surface area contributed by atoms with Crippen LogP contribution in [0.4, 0.5) is 0 Å². The van der Waals surface area contributed by atoms with Gasteiger partial charge in [-0.2, -0.15) is 0 Å². The first-order valence-electron chi connectivity index (χ1n) is 9.11. The highest BCUT2D eigenvalue weighted by Crippen LogP contribution is 2.09. The molecular formula is C20H25N3O3S. The minimum absolute atomic E-state index is 0.00675. The van der Waals surface area contributed by atoms with Crippen LogP contribution in [-0.4, -0.2) is 63.4 Å². The molecule has 0 aromatic heterocycles. The van der Waals surface area contributed by atoms with Gasteiger partial charge in [-0.3, -0.25) is 9.69 Å². The quantitative estimate of drug-likeness (QED) is 0.783. The predicted octanol–water partition coefficient (Wildman–Crippen LogP) is 1.56. The molecule has 27 heavy (non-hydrogen) atoms. The fourth-order valence-corrected chi connectivity index (χ4v) is 4.28. The Morgan fingerprint density at radius 3 is 2.11 bits per heavy atom. The van der Waals surface area contributed by atoms with Crippen molar-refractivity contribution in [3.05, 3.63) is 71.8 Å². The summed E-state index contributed by atoms with van der Waals surface area (Å²) in [4.78, 5) is 16.5. The number of rotatable bonds is 7. The second-order valence-corrected chi connectivity index (χ2v) is 8.45. The van der Waals surface area contributed by atoms with Gasteiger partial charge in [-0.05, 0) is 17.7 Å². The van der Waals surface area contributed by atoms with Crippen LogP contribution in [0.2, 0.25) is 0 Å². The Bertz CT molecular complexity index is 833. The molecule has 1 aliphatic heterocycles. The number of amides is 1. The number of sulfonamides is 1.